The molecule has 0 aromatic heterocycles. The summed E-state index contributed by atoms with van der Waals surface area (Å²) < 4.78 is 0. The lowest BCUT2D eigenvalue weighted by Crippen LogP contribution is -2.13. The summed E-state index contributed by atoms with van der Waals surface area (Å²) in [5.74, 6) is -0.158. The van der Waals surface area contributed by atoms with Crippen LogP contribution in [0.1, 0.15) is 12.8 Å². The summed E-state index contributed by atoms with van der Waals surface area (Å²) in [5.41, 5.74) is -0.142. The molecule has 0 radical (unpaired) electrons. The van der Waals surface area contributed by atoms with E-state index in [1.54, 1.807) is 0 Å². The number of Topliss-reactive ketones (excluding diaryl/α,β-unsaturated/α-hetero) is 1. The summed E-state index contributed by atoms with van der Waals surface area (Å²) in [4.78, 5) is 20.9. The Hall–Kier alpha value is -0.230. The van der Waals surface area contributed by atoms with Crippen LogP contribution in [0.3, 0.4) is 0 Å². The highest BCUT2D eigenvalue weighted by Gasteiger charge is 2.16. The minimum absolute atomic E-state index is 0.142. The van der Waals surface area contributed by atoms with Gasteiger partial charge < -0.3 is 0 Å². The van der Waals surface area contributed by atoms with Gasteiger partial charge in [-0.25, -0.2) is 0 Å². The monoisotopic (exact) mass is 130 g/mol. The zero-order chi connectivity index (χ0) is 5.98. The Morgan fingerprint density at radius 1 is 1.38 bits per heavy atom. The topological polar surface area (TPSA) is 34.1 Å². The Morgan fingerprint density at radius 2 is 2.12 bits per heavy atom. The number of carbonyl (C=O) groups excluding carboxylic acids is 2. The molecule has 0 spiro atoms. The lowest BCUT2D eigenvalue weighted by atomic mass is 10.2. The second kappa shape index (κ2) is 2.36. The van der Waals surface area contributed by atoms with Crippen molar-refractivity contribution < 1.29 is 9.59 Å². The molecule has 8 heavy (non-hydrogen) atoms. The fraction of sp³-hybridized carbons (Fsp3) is 0.600. The Morgan fingerprint density at radius 3 is 2.50 bits per heavy atom. The summed E-state index contributed by atoms with van der Waals surface area (Å²) in [5, 5.41) is 0. The molecule has 0 aromatic carbocycles. The molecular weight excluding hydrogens is 123 g/mol. The van der Waals surface area contributed by atoms with Crippen molar-refractivity contribution in [1.82, 2.24) is 0 Å². The molecule has 2 nitrogen and oxygen atoms in total. The van der Waals surface area contributed by atoms with E-state index in [1.807, 2.05) is 0 Å². The van der Waals surface area contributed by atoms with Crippen molar-refractivity contribution in [2.75, 3.05) is 6.16 Å². The molecule has 0 bridgehead atoms. The molecule has 1 rings (SSSR count). The molecule has 0 saturated carbocycles. The van der Waals surface area contributed by atoms with E-state index in [-0.39, 0.29) is 19.9 Å². The van der Waals surface area contributed by atoms with Gasteiger partial charge in [-0.2, -0.15) is 0 Å². The van der Waals surface area contributed by atoms with Gasteiger partial charge in [0.05, 0.1) is 0 Å². The molecule has 1 heterocycles. The van der Waals surface area contributed by atoms with Crippen molar-refractivity contribution in [3.05, 3.63) is 0 Å². The standard InChI is InChI=1S/C5H7O2P/c6-4-2-1-3-8-5(4)7/h8H,1-3H2. The molecule has 0 aromatic rings. The average Bonchev–Trinajstić information content (AvgIpc) is 1.77. The van der Waals surface area contributed by atoms with Crippen LogP contribution in [-0.4, -0.2) is 17.5 Å². The van der Waals surface area contributed by atoms with Gasteiger partial charge in [-0.15, -0.1) is 0 Å². The Balaban J connectivity index is 2.52. The number of rotatable bonds is 0. The molecule has 1 saturated heterocycles. The van der Waals surface area contributed by atoms with Crippen LogP contribution in [0, 0.1) is 0 Å². The summed E-state index contributed by atoms with van der Waals surface area (Å²) in [6, 6.07) is 0. The van der Waals surface area contributed by atoms with Gasteiger partial charge in [-0.05, 0) is 21.2 Å². The minimum Gasteiger partial charge on any atom is -0.290 e. The van der Waals surface area contributed by atoms with Gasteiger partial charge in [-0.1, -0.05) is 0 Å². The Bertz CT molecular complexity index is 114. The van der Waals surface area contributed by atoms with Crippen LogP contribution in [0.4, 0.5) is 0 Å². The van der Waals surface area contributed by atoms with Gasteiger partial charge in [-0.3, -0.25) is 9.59 Å². The van der Waals surface area contributed by atoms with Gasteiger partial charge in [0.25, 0.3) is 0 Å². The molecule has 1 aliphatic heterocycles. The first-order valence-corrected chi connectivity index (χ1v) is 3.82. The van der Waals surface area contributed by atoms with Gasteiger partial charge in [0.1, 0.15) is 0 Å². The third kappa shape index (κ3) is 1.13. The maximum atomic E-state index is 10.5. The lowest BCUT2D eigenvalue weighted by molar-refractivity contribution is -0.132. The molecule has 0 N–H and O–H groups in total. The van der Waals surface area contributed by atoms with Gasteiger partial charge in [0.2, 0.25) is 11.3 Å². The average molecular weight is 130 g/mol. The van der Waals surface area contributed by atoms with Crippen LogP contribution >= 0.6 is 8.58 Å². The summed E-state index contributed by atoms with van der Waals surface area (Å²) >= 11 is 0. The first-order chi connectivity index (χ1) is 3.80. The smallest absolute Gasteiger partial charge is 0.216 e. The van der Waals surface area contributed by atoms with Crippen LogP contribution < -0.4 is 0 Å². The number of hydrogen-bond donors (Lipinski definition) is 0. The van der Waals surface area contributed by atoms with Crippen molar-refractivity contribution >= 4 is 19.9 Å². The summed E-state index contributed by atoms with van der Waals surface area (Å²) in [6.07, 6.45) is 2.35. The van der Waals surface area contributed by atoms with Crippen LogP contribution in [-0.2, 0) is 9.59 Å². The molecule has 1 aliphatic rings. The van der Waals surface area contributed by atoms with Crippen molar-refractivity contribution in [3.63, 3.8) is 0 Å². The van der Waals surface area contributed by atoms with E-state index < -0.39 is 0 Å². The Labute approximate surface area is 49.4 Å². The van der Waals surface area contributed by atoms with E-state index in [2.05, 4.69) is 0 Å². The maximum absolute atomic E-state index is 10.5. The molecular formula is C5H7O2P. The van der Waals surface area contributed by atoms with Gasteiger partial charge >= 0.3 is 0 Å². The molecule has 1 unspecified atom stereocenters. The third-order valence-electron chi connectivity index (χ3n) is 1.12. The molecule has 1 fully saturated rings. The van der Waals surface area contributed by atoms with E-state index in [1.165, 1.54) is 0 Å². The molecule has 0 aliphatic carbocycles. The second-order valence-corrected chi connectivity index (χ2v) is 3.09. The highest BCUT2D eigenvalue weighted by molar-refractivity contribution is 7.61. The first-order valence-electron chi connectivity index (χ1n) is 2.62. The zero-order valence-corrected chi connectivity index (χ0v) is 5.44. The van der Waals surface area contributed by atoms with Crippen molar-refractivity contribution in [3.8, 4) is 0 Å². The summed E-state index contributed by atoms with van der Waals surface area (Å²) in [7, 11) is 0.267. The molecule has 3 heteroatoms. The lowest BCUT2D eigenvalue weighted by Gasteiger charge is -2.04. The van der Waals surface area contributed by atoms with E-state index in [9.17, 15) is 9.59 Å². The number of carbonyl (C=O) groups is 2. The van der Waals surface area contributed by atoms with Gasteiger partial charge in [0, 0.05) is 6.42 Å². The van der Waals surface area contributed by atoms with Crippen LogP contribution in [0.25, 0.3) is 0 Å². The highest BCUT2D eigenvalue weighted by atomic mass is 31.1. The molecule has 1 atom stereocenters. The van der Waals surface area contributed by atoms with Crippen molar-refractivity contribution in [2.24, 2.45) is 0 Å². The number of hydrogen-bond acceptors (Lipinski definition) is 2. The highest BCUT2D eigenvalue weighted by Crippen LogP contribution is 2.21. The predicted octanol–water partition coefficient (Wildman–Crippen LogP) is 0.554. The van der Waals surface area contributed by atoms with E-state index in [0.29, 0.717) is 6.42 Å². The van der Waals surface area contributed by atoms with Gasteiger partial charge in [0.15, 0.2) is 0 Å². The minimum atomic E-state index is -0.158. The zero-order valence-electron chi connectivity index (χ0n) is 4.44. The van der Waals surface area contributed by atoms with Crippen molar-refractivity contribution in [1.29, 1.82) is 0 Å². The maximum Gasteiger partial charge on any atom is 0.216 e. The molecule has 0 amide bonds. The fourth-order valence-corrected chi connectivity index (χ4v) is 1.57. The van der Waals surface area contributed by atoms with Crippen molar-refractivity contribution in [2.45, 2.75) is 12.8 Å². The van der Waals surface area contributed by atoms with Crippen LogP contribution in [0.5, 0.6) is 0 Å². The Kier molecular flexibility index (Phi) is 1.74. The predicted molar refractivity (Wildman–Crippen MR) is 32.4 cm³/mol. The molecule has 44 valence electrons. The van der Waals surface area contributed by atoms with E-state index in [4.69, 9.17) is 0 Å². The van der Waals surface area contributed by atoms with Crippen LogP contribution in [0.2, 0.25) is 0 Å². The SMILES string of the molecule is O=C1CCCPC1=O. The third-order valence-corrected chi connectivity index (χ3v) is 2.32. The van der Waals surface area contributed by atoms with Crippen LogP contribution in [0.15, 0.2) is 0 Å². The second-order valence-electron chi connectivity index (χ2n) is 1.78. The van der Waals surface area contributed by atoms with E-state index in [0.717, 1.165) is 12.6 Å². The van der Waals surface area contributed by atoms with E-state index >= 15 is 0 Å². The first kappa shape index (κ1) is 5.90. The number of ketones is 1. The summed E-state index contributed by atoms with van der Waals surface area (Å²) in [6.45, 7) is 0. The largest absolute Gasteiger partial charge is 0.290 e. The fourth-order valence-electron chi connectivity index (χ4n) is 0.663. The quantitative estimate of drug-likeness (QED) is 0.354. The normalized spacial score (nSPS) is 24.5.